The van der Waals surface area contributed by atoms with Gasteiger partial charge in [0.05, 0.1) is 28.2 Å². The summed E-state index contributed by atoms with van der Waals surface area (Å²) in [6, 6.07) is 4.78. The summed E-state index contributed by atoms with van der Waals surface area (Å²) in [5, 5.41) is 30.3. The van der Waals surface area contributed by atoms with Gasteiger partial charge in [0.15, 0.2) is 17.1 Å². The summed E-state index contributed by atoms with van der Waals surface area (Å²) in [7, 11) is 2.82. The lowest BCUT2D eigenvalue weighted by atomic mass is 10.1. The van der Waals surface area contributed by atoms with Crippen LogP contribution in [0.15, 0.2) is 24.5 Å². The third-order valence-corrected chi connectivity index (χ3v) is 5.05. The molecule has 4 rings (SSSR count). The molecule has 0 unspecified atom stereocenters. The van der Waals surface area contributed by atoms with E-state index in [-0.39, 0.29) is 34.8 Å². The zero-order valence-corrected chi connectivity index (χ0v) is 20.4. The highest BCUT2D eigenvalue weighted by atomic mass is 19.4. The van der Waals surface area contributed by atoms with Crippen molar-refractivity contribution in [2.75, 3.05) is 0 Å². The van der Waals surface area contributed by atoms with Crippen LogP contribution in [0.25, 0.3) is 22.5 Å². The van der Waals surface area contributed by atoms with Crippen LogP contribution in [0.4, 0.5) is 26.3 Å². The molecule has 2 N–H and O–H groups in total. The Hall–Kier alpha value is -4.39. The molecule has 0 radical (unpaired) electrons. The van der Waals surface area contributed by atoms with Crippen molar-refractivity contribution in [1.82, 2.24) is 40.0 Å². The SMILES string of the molecule is Cc1cc(C#N)nnc1-c1cn(C)nc1C(F)(F)F.Cc1cc(CN)nnc1-c1cn(C)nc1C(F)(F)F. The summed E-state index contributed by atoms with van der Waals surface area (Å²) in [6.45, 7) is 3.42. The van der Waals surface area contributed by atoms with Crippen LogP contribution in [0.2, 0.25) is 0 Å². The fraction of sp³-hybridized carbons (Fsp3) is 0.318. The number of nitrogens with two attached hydrogens (primary N) is 1. The van der Waals surface area contributed by atoms with Crippen molar-refractivity contribution in [2.45, 2.75) is 32.7 Å². The quantitative estimate of drug-likeness (QED) is 0.390. The number of hydrogen-bond acceptors (Lipinski definition) is 8. The van der Waals surface area contributed by atoms with Crippen molar-refractivity contribution in [3.63, 3.8) is 0 Å². The molecular formula is C22H20F6N10. The first-order valence-electron chi connectivity index (χ1n) is 10.7. The summed E-state index contributed by atoms with van der Waals surface area (Å²) in [5.74, 6) is 0. The normalized spacial score (nSPS) is 11.6. The first-order chi connectivity index (χ1) is 17.6. The van der Waals surface area contributed by atoms with E-state index in [2.05, 4.69) is 30.6 Å². The minimum absolute atomic E-state index is 0.0544. The van der Waals surface area contributed by atoms with Gasteiger partial charge in [-0.2, -0.15) is 46.9 Å². The summed E-state index contributed by atoms with van der Waals surface area (Å²) in [4.78, 5) is 0. The summed E-state index contributed by atoms with van der Waals surface area (Å²) in [5.41, 5.74) is 5.03. The molecule has 4 aromatic heterocycles. The van der Waals surface area contributed by atoms with E-state index in [0.29, 0.717) is 16.8 Å². The number of alkyl halides is 6. The molecule has 0 aromatic carbocycles. The summed E-state index contributed by atoms with van der Waals surface area (Å²) < 4.78 is 79.4. The Morgan fingerprint density at radius 3 is 1.61 bits per heavy atom. The van der Waals surface area contributed by atoms with Crippen LogP contribution >= 0.6 is 0 Å². The highest BCUT2D eigenvalue weighted by Gasteiger charge is 2.39. The van der Waals surface area contributed by atoms with Crippen LogP contribution in [0.5, 0.6) is 0 Å². The first-order valence-corrected chi connectivity index (χ1v) is 10.7. The zero-order chi connectivity index (χ0) is 28.4. The maximum atomic E-state index is 12.9. The number of halogens is 6. The van der Waals surface area contributed by atoms with E-state index < -0.39 is 23.7 Å². The Balaban J connectivity index is 0.000000211. The minimum atomic E-state index is -4.57. The lowest BCUT2D eigenvalue weighted by Gasteiger charge is -2.07. The molecule has 38 heavy (non-hydrogen) atoms. The molecule has 0 saturated carbocycles. The lowest BCUT2D eigenvalue weighted by molar-refractivity contribution is -0.141. The third kappa shape index (κ3) is 6.11. The van der Waals surface area contributed by atoms with Gasteiger partial charge in [-0.1, -0.05) is 0 Å². The number of aryl methyl sites for hydroxylation is 4. The number of aromatic nitrogens is 8. The number of nitrogens with zero attached hydrogens (tertiary/aromatic N) is 9. The molecule has 4 aromatic rings. The fourth-order valence-corrected chi connectivity index (χ4v) is 3.45. The molecule has 4 heterocycles. The fourth-order valence-electron chi connectivity index (χ4n) is 3.45. The molecule has 10 nitrogen and oxygen atoms in total. The Kier molecular flexibility index (Phi) is 7.82. The van der Waals surface area contributed by atoms with Gasteiger partial charge in [-0.25, -0.2) is 0 Å². The topological polar surface area (TPSA) is 137 Å². The van der Waals surface area contributed by atoms with Gasteiger partial charge in [-0.05, 0) is 37.1 Å². The molecule has 0 bridgehead atoms. The molecular weight excluding hydrogens is 518 g/mol. The van der Waals surface area contributed by atoms with Crippen LogP contribution in [-0.2, 0) is 33.0 Å². The van der Waals surface area contributed by atoms with E-state index >= 15 is 0 Å². The van der Waals surface area contributed by atoms with Crippen LogP contribution in [-0.4, -0.2) is 40.0 Å². The van der Waals surface area contributed by atoms with Crippen molar-refractivity contribution in [1.29, 1.82) is 5.26 Å². The predicted molar refractivity (Wildman–Crippen MR) is 121 cm³/mol. The monoisotopic (exact) mass is 538 g/mol. The molecule has 0 amide bonds. The molecule has 0 saturated heterocycles. The second-order valence-electron chi connectivity index (χ2n) is 8.07. The lowest BCUT2D eigenvalue weighted by Crippen LogP contribution is -2.09. The largest absolute Gasteiger partial charge is 0.435 e. The average Bonchev–Trinajstić information content (AvgIpc) is 3.42. The first kappa shape index (κ1) is 28.2. The van der Waals surface area contributed by atoms with E-state index in [9.17, 15) is 26.3 Å². The standard InChI is InChI=1S/C11H12F3N5.C11H8F3N5/c2*1-6-3-7(4-15)16-17-9(6)8-5-19(2)18-10(8)11(12,13)14/h3,5H,4,15H2,1-2H3;3,5H,1-2H3. The second kappa shape index (κ2) is 10.5. The molecule has 0 atom stereocenters. The van der Waals surface area contributed by atoms with Crippen LogP contribution in [0.1, 0.15) is 33.9 Å². The van der Waals surface area contributed by atoms with Crippen LogP contribution < -0.4 is 5.73 Å². The Bertz CT molecular complexity index is 1490. The number of nitriles is 1. The molecule has 16 heteroatoms. The average molecular weight is 538 g/mol. The molecule has 0 spiro atoms. The highest BCUT2D eigenvalue weighted by molar-refractivity contribution is 5.66. The van der Waals surface area contributed by atoms with Gasteiger partial charge in [-0.3, -0.25) is 9.36 Å². The van der Waals surface area contributed by atoms with Gasteiger partial charge >= 0.3 is 12.4 Å². The summed E-state index contributed by atoms with van der Waals surface area (Å²) in [6.07, 6.45) is -6.59. The highest BCUT2D eigenvalue weighted by Crippen LogP contribution is 2.37. The maximum absolute atomic E-state index is 12.9. The van der Waals surface area contributed by atoms with Gasteiger partial charge in [0.1, 0.15) is 6.07 Å². The second-order valence-corrected chi connectivity index (χ2v) is 8.07. The van der Waals surface area contributed by atoms with Gasteiger partial charge < -0.3 is 5.73 Å². The van der Waals surface area contributed by atoms with E-state index in [0.717, 1.165) is 9.36 Å². The van der Waals surface area contributed by atoms with Crippen molar-refractivity contribution >= 4 is 0 Å². The summed E-state index contributed by atoms with van der Waals surface area (Å²) >= 11 is 0. The van der Waals surface area contributed by atoms with Crippen molar-refractivity contribution < 1.29 is 26.3 Å². The Labute approximate surface area is 211 Å². The van der Waals surface area contributed by atoms with Gasteiger partial charge in [0.25, 0.3) is 0 Å². The zero-order valence-electron chi connectivity index (χ0n) is 20.4. The third-order valence-electron chi connectivity index (χ3n) is 5.05. The number of hydrogen-bond donors (Lipinski definition) is 1. The van der Waals surface area contributed by atoms with E-state index in [1.54, 1.807) is 26.0 Å². The van der Waals surface area contributed by atoms with Crippen LogP contribution in [0.3, 0.4) is 0 Å². The number of rotatable bonds is 3. The molecule has 0 fully saturated rings. The van der Waals surface area contributed by atoms with E-state index in [4.69, 9.17) is 11.0 Å². The van der Waals surface area contributed by atoms with Gasteiger partial charge in [0, 0.05) is 33.0 Å². The maximum Gasteiger partial charge on any atom is 0.435 e. The predicted octanol–water partition coefficient (Wildman–Crippen LogP) is 3.74. The van der Waals surface area contributed by atoms with Gasteiger partial charge in [0.2, 0.25) is 0 Å². The molecule has 0 aliphatic rings. The molecule has 200 valence electrons. The van der Waals surface area contributed by atoms with E-state index in [1.165, 1.54) is 32.6 Å². The Morgan fingerprint density at radius 2 is 1.24 bits per heavy atom. The molecule has 0 aliphatic carbocycles. The smallest absolute Gasteiger partial charge is 0.325 e. The Morgan fingerprint density at radius 1 is 0.789 bits per heavy atom. The van der Waals surface area contributed by atoms with Crippen LogP contribution in [0, 0.1) is 25.2 Å². The van der Waals surface area contributed by atoms with Crippen molar-refractivity contribution in [3.05, 3.63) is 58.4 Å². The van der Waals surface area contributed by atoms with Crippen molar-refractivity contribution in [3.8, 4) is 28.6 Å². The molecule has 0 aliphatic heterocycles. The van der Waals surface area contributed by atoms with E-state index in [1.807, 2.05) is 0 Å². The van der Waals surface area contributed by atoms with Gasteiger partial charge in [-0.15, -0.1) is 15.3 Å². The minimum Gasteiger partial charge on any atom is -0.325 e. The van der Waals surface area contributed by atoms with Crippen molar-refractivity contribution in [2.24, 2.45) is 19.8 Å².